The van der Waals surface area contributed by atoms with E-state index in [0.717, 1.165) is 30.2 Å². The third kappa shape index (κ3) is 2.00. The maximum Gasteiger partial charge on any atom is 0.269 e. The fourth-order valence-corrected chi connectivity index (χ4v) is 2.23. The monoisotopic (exact) mass is 257 g/mol. The van der Waals surface area contributed by atoms with Crippen molar-refractivity contribution in [1.29, 1.82) is 0 Å². The molecule has 2 N–H and O–H groups in total. The summed E-state index contributed by atoms with van der Waals surface area (Å²) < 4.78 is 1.83. The molecule has 6 heteroatoms. The zero-order chi connectivity index (χ0) is 13.4. The number of fused-ring (bicyclic) bond motifs is 1. The molecule has 19 heavy (non-hydrogen) atoms. The van der Waals surface area contributed by atoms with Gasteiger partial charge in [0.25, 0.3) is 5.91 Å². The largest absolute Gasteiger partial charge is 0.354 e. The minimum Gasteiger partial charge on any atom is -0.354 e. The van der Waals surface area contributed by atoms with E-state index in [1.54, 1.807) is 13.1 Å². The maximum atomic E-state index is 11.5. The van der Waals surface area contributed by atoms with E-state index in [1.165, 1.54) is 5.56 Å². The molecule has 0 spiro atoms. The van der Waals surface area contributed by atoms with Crippen molar-refractivity contribution >= 4 is 5.91 Å². The van der Waals surface area contributed by atoms with Crippen LogP contribution in [0.25, 0.3) is 5.69 Å². The Kier molecular flexibility index (Phi) is 2.79. The first kappa shape index (κ1) is 11.9. The summed E-state index contributed by atoms with van der Waals surface area (Å²) in [5.41, 5.74) is 4.41. The molecule has 0 atom stereocenters. The summed E-state index contributed by atoms with van der Waals surface area (Å²) in [5.74, 6) is -0.179. The van der Waals surface area contributed by atoms with Gasteiger partial charge in [0.1, 0.15) is 5.69 Å². The molecule has 0 radical (unpaired) electrons. The fourth-order valence-electron chi connectivity index (χ4n) is 2.23. The summed E-state index contributed by atoms with van der Waals surface area (Å²) >= 11 is 0. The van der Waals surface area contributed by atoms with Gasteiger partial charge in [-0.15, -0.1) is 0 Å². The second-order valence-corrected chi connectivity index (χ2v) is 4.53. The molecule has 2 aromatic rings. The van der Waals surface area contributed by atoms with Crippen LogP contribution in [0.15, 0.2) is 18.3 Å². The van der Waals surface area contributed by atoms with E-state index in [1.807, 2.05) is 23.9 Å². The van der Waals surface area contributed by atoms with Crippen molar-refractivity contribution in [3.63, 3.8) is 0 Å². The molecule has 98 valence electrons. The Morgan fingerprint density at radius 3 is 2.95 bits per heavy atom. The van der Waals surface area contributed by atoms with Crippen LogP contribution in [0.1, 0.15) is 27.4 Å². The van der Waals surface area contributed by atoms with Crippen molar-refractivity contribution in [2.45, 2.75) is 20.0 Å². The average Bonchev–Trinajstić information content (AvgIpc) is 2.98. The molecular formula is C13H15N5O. The predicted molar refractivity (Wildman–Crippen MR) is 70.0 cm³/mol. The van der Waals surface area contributed by atoms with E-state index in [9.17, 15) is 4.79 Å². The molecule has 6 nitrogen and oxygen atoms in total. The predicted octanol–water partition coefficient (Wildman–Crippen LogP) is 0.539. The van der Waals surface area contributed by atoms with E-state index in [-0.39, 0.29) is 5.91 Å². The highest BCUT2D eigenvalue weighted by Crippen LogP contribution is 2.18. The number of nitrogens with one attached hydrogen (secondary N) is 2. The average molecular weight is 257 g/mol. The topological polar surface area (TPSA) is 71.8 Å². The minimum atomic E-state index is -0.179. The molecule has 0 fully saturated rings. The van der Waals surface area contributed by atoms with Crippen LogP contribution in [0.3, 0.4) is 0 Å². The van der Waals surface area contributed by atoms with Crippen molar-refractivity contribution in [3.05, 3.63) is 41.0 Å². The molecule has 1 aliphatic heterocycles. The molecule has 3 rings (SSSR count). The van der Waals surface area contributed by atoms with Gasteiger partial charge < -0.3 is 10.6 Å². The minimum absolute atomic E-state index is 0.179. The van der Waals surface area contributed by atoms with Gasteiger partial charge in [-0.05, 0) is 19.1 Å². The Labute approximate surface area is 110 Å². The summed E-state index contributed by atoms with van der Waals surface area (Å²) in [5, 5.41) is 10.3. The van der Waals surface area contributed by atoms with Crippen molar-refractivity contribution in [1.82, 2.24) is 25.4 Å². The summed E-state index contributed by atoms with van der Waals surface area (Å²) in [6, 6.07) is 3.59. The van der Waals surface area contributed by atoms with Gasteiger partial charge in [-0.2, -0.15) is 5.10 Å². The number of pyridine rings is 1. The van der Waals surface area contributed by atoms with Crippen LogP contribution in [-0.2, 0) is 13.1 Å². The van der Waals surface area contributed by atoms with Crippen molar-refractivity contribution in [2.75, 3.05) is 7.05 Å². The lowest BCUT2D eigenvalue weighted by molar-refractivity contribution is 0.0958. The van der Waals surface area contributed by atoms with Gasteiger partial charge in [-0.1, -0.05) is 0 Å². The van der Waals surface area contributed by atoms with E-state index in [4.69, 9.17) is 0 Å². The molecule has 0 aliphatic carbocycles. The number of aromatic nitrogens is 3. The van der Waals surface area contributed by atoms with E-state index in [2.05, 4.69) is 20.7 Å². The Hall–Kier alpha value is -2.21. The standard InChI is InChI=1S/C13H15N5O/c1-8-12(4-3-10(16-8)13(19)14-2)18-7-9-5-15-6-11(9)17-18/h3-4,7,15H,5-6H2,1-2H3,(H,14,19). The van der Waals surface area contributed by atoms with Crippen LogP contribution in [0.5, 0.6) is 0 Å². The molecule has 0 aromatic carbocycles. The molecule has 0 unspecified atom stereocenters. The van der Waals surface area contributed by atoms with Crippen LogP contribution in [-0.4, -0.2) is 27.7 Å². The van der Waals surface area contributed by atoms with Gasteiger partial charge >= 0.3 is 0 Å². The molecule has 3 heterocycles. The number of carbonyl (C=O) groups is 1. The van der Waals surface area contributed by atoms with Crippen molar-refractivity contribution < 1.29 is 4.79 Å². The third-order valence-corrected chi connectivity index (χ3v) is 3.25. The van der Waals surface area contributed by atoms with Crippen LogP contribution >= 0.6 is 0 Å². The van der Waals surface area contributed by atoms with Crippen LogP contribution < -0.4 is 10.6 Å². The van der Waals surface area contributed by atoms with Gasteiger partial charge in [0.05, 0.1) is 17.1 Å². The van der Waals surface area contributed by atoms with Gasteiger partial charge in [0.2, 0.25) is 0 Å². The Bertz CT molecular complexity index is 625. The third-order valence-electron chi connectivity index (χ3n) is 3.25. The smallest absolute Gasteiger partial charge is 0.269 e. The first-order valence-corrected chi connectivity index (χ1v) is 6.17. The first-order chi connectivity index (χ1) is 9.19. The second-order valence-electron chi connectivity index (χ2n) is 4.53. The molecule has 1 amide bonds. The molecule has 2 aromatic heterocycles. The highest BCUT2D eigenvalue weighted by molar-refractivity contribution is 5.92. The summed E-state index contributed by atoms with van der Waals surface area (Å²) in [6.07, 6.45) is 2.01. The van der Waals surface area contributed by atoms with E-state index in [0.29, 0.717) is 5.69 Å². The molecular weight excluding hydrogens is 242 g/mol. The van der Waals surface area contributed by atoms with Crippen LogP contribution in [0, 0.1) is 6.92 Å². The number of hydrogen-bond donors (Lipinski definition) is 2. The molecule has 0 saturated heterocycles. The van der Waals surface area contributed by atoms with Gasteiger partial charge in [0.15, 0.2) is 0 Å². The first-order valence-electron chi connectivity index (χ1n) is 6.17. The highest BCUT2D eigenvalue weighted by atomic mass is 16.1. The lowest BCUT2D eigenvalue weighted by Gasteiger charge is -2.07. The Morgan fingerprint density at radius 1 is 1.42 bits per heavy atom. The number of amides is 1. The normalized spacial score (nSPS) is 13.4. The lowest BCUT2D eigenvalue weighted by Crippen LogP contribution is -2.20. The molecule has 0 saturated carbocycles. The SMILES string of the molecule is CNC(=O)c1ccc(-n2cc3c(n2)CNC3)c(C)n1. The van der Waals surface area contributed by atoms with E-state index >= 15 is 0 Å². The zero-order valence-electron chi connectivity index (χ0n) is 10.9. The number of carbonyl (C=O) groups excluding carboxylic acids is 1. The van der Waals surface area contributed by atoms with Crippen LogP contribution in [0.4, 0.5) is 0 Å². The second kappa shape index (κ2) is 4.47. The number of nitrogens with zero attached hydrogens (tertiary/aromatic N) is 3. The number of rotatable bonds is 2. The molecule has 0 bridgehead atoms. The van der Waals surface area contributed by atoms with Gasteiger partial charge in [-0.3, -0.25) is 4.79 Å². The summed E-state index contributed by atoms with van der Waals surface area (Å²) in [7, 11) is 1.60. The fraction of sp³-hybridized carbons (Fsp3) is 0.308. The highest BCUT2D eigenvalue weighted by Gasteiger charge is 2.16. The van der Waals surface area contributed by atoms with Crippen molar-refractivity contribution in [2.24, 2.45) is 0 Å². The summed E-state index contributed by atoms with van der Waals surface area (Å²) in [4.78, 5) is 15.8. The summed E-state index contributed by atoms with van der Waals surface area (Å²) in [6.45, 7) is 3.55. The van der Waals surface area contributed by atoms with Gasteiger partial charge in [-0.25, -0.2) is 9.67 Å². The lowest BCUT2D eigenvalue weighted by atomic mass is 10.2. The maximum absolute atomic E-state index is 11.5. The van der Waals surface area contributed by atoms with Crippen molar-refractivity contribution in [3.8, 4) is 5.69 Å². The Balaban J connectivity index is 1.98. The van der Waals surface area contributed by atoms with Gasteiger partial charge in [0, 0.05) is 31.9 Å². The number of aryl methyl sites for hydroxylation is 1. The molecule has 1 aliphatic rings. The Morgan fingerprint density at radius 2 is 2.26 bits per heavy atom. The number of hydrogen-bond acceptors (Lipinski definition) is 4. The van der Waals surface area contributed by atoms with E-state index < -0.39 is 0 Å². The van der Waals surface area contributed by atoms with Crippen LogP contribution in [0.2, 0.25) is 0 Å². The zero-order valence-corrected chi connectivity index (χ0v) is 10.9. The quantitative estimate of drug-likeness (QED) is 0.823.